The first-order chi connectivity index (χ1) is 11.7. The van der Waals surface area contributed by atoms with Crippen LogP contribution in [0.5, 0.6) is 0 Å². The van der Waals surface area contributed by atoms with Crippen molar-refractivity contribution < 1.29 is 0 Å². The first-order valence-corrected chi connectivity index (χ1v) is 8.59. The summed E-state index contributed by atoms with van der Waals surface area (Å²) in [6, 6.07) is 8.62. The molecule has 2 aromatic rings. The Morgan fingerprint density at radius 3 is 2.71 bits per heavy atom. The van der Waals surface area contributed by atoms with Gasteiger partial charge in [0.15, 0.2) is 0 Å². The Hall–Kier alpha value is -2.21. The SMILES string of the molecule is CN(C)c1cc(NC2CCN(CCc3ccccn3)CC2)ncn1. The molecule has 24 heavy (non-hydrogen) atoms. The highest BCUT2D eigenvalue weighted by atomic mass is 15.2. The van der Waals surface area contributed by atoms with E-state index >= 15 is 0 Å². The molecule has 1 fully saturated rings. The van der Waals surface area contributed by atoms with Crippen LogP contribution in [0, 0.1) is 0 Å². The smallest absolute Gasteiger partial charge is 0.133 e. The van der Waals surface area contributed by atoms with E-state index in [4.69, 9.17) is 0 Å². The first kappa shape index (κ1) is 16.6. The summed E-state index contributed by atoms with van der Waals surface area (Å²) in [5.41, 5.74) is 1.18. The molecule has 0 atom stereocenters. The number of hydrogen-bond acceptors (Lipinski definition) is 6. The zero-order valence-electron chi connectivity index (χ0n) is 14.5. The minimum Gasteiger partial charge on any atom is -0.367 e. The summed E-state index contributed by atoms with van der Waals surface area (Å²) in [6.45, 7) is 3.33. The fourth-order valence-corrected chi connectivity index (χ4v) is 3.00. The second-order valence-corrected chi connectivity index (χ2v) is 6.49. The highest BCUT2D eigenvalue weighted by molar-refractivity contribution is 5.47. The maximum atomic E-state index is 4.40. The van der Waals surface area contributed by atoms with E-state index in [0.717, 1.165) is 50.5 Å². The molecule has 0 amide bonds. The summed E-state index contributed by atoms with van der Waals surface area (Å²) < 4.78 is 0. The number of likely N-dealkylation sites (tertiary alicyclic amines) is 1. The Morgan fingerprint density at radius 1 is 1.17 bits per heavy atom. The molecule has 0 bridgehead atoms. The molecule has 0 aromatic carbocycles. The third kappa shape index (κ3) is 4.64. The summed E-state index contributed by atoms with van der Waals surface area (Å²) in [6.07, 6.45) is 6.80. The highest BCUT2D eigenvalue weighted by Crippen LogP contribution is 2.17. The number of anilines is 2. The van der Waals surface area contributed by atoms with Crippen molar-refractivity contribution in [2.45, 2.75) is 25.3 Å². The quantitative estimate of drug-likeness (QED) is 0.877. The lowest BCUT2D eigenvalue weighted by Gasteiger charge is -2.32. The van der Waals surface area contributed by atoms with Crippen LogP contribution in [-0.4, -0.2) is 59.6 Å². The van der Waals surface area contributed by atoms with E-state index in [0.29, 0.717) is 6.04 Å². The Morgan fingerprint density at radius 2 is 2.00 bits per heavy atom. The van der Waals surface area contributed by atoms with Crippen LogP contribution in [0.25, 0.3) is 0 Å². The fourth-order valence-electron chi connectivity index (χ4n) is 3.00. The van der Waals surface area contributed by atoms with Gasteiger partial charge in [0.1, 0.15) is 18.0 Å². The van der Waals surface area contributed by atoms with Crippen molar-refractivity contribution in [3.63, 3.8) is 0 Å². The predicted octanol–water partition coefficient (Wildman–Crippen LogP) is 2.06. The molecule has 0 spiro atoms. The van der Waals surface area contributed by atoms with Crippen LogP contribution in [-0.2, 0) is 6.42 Å². The van der Waals surface area contributed by atoms with Crippen molar-refractivity contribution in [3.8, 4) is 0 Å². The van der Waals surface area contributed by atoms with Crippen molar-refractivity contribution in [2.24, 2.45) is 0 Å². The van der Waals surface area contributed by atoms with Crippen molar-refractivity contribution in [1.82, 2.24) is 19.9 Å². The molecule has 0 saturated carbocycles. The summed E-state index contributed by atoms with van der Waals surface area (Å²) >= 11 is 0. The molecule has 3 rings (SSSR count). The Balaban J connectivity index is 1.44. The van der Waals surface area contributed by atoms with E-state index in [2.05, 4.69) is 37.3 Å². The average molecular weight is 326 g/mol. The lowest BCUT2D eigenvalue weighted by Crippen LogP contribution is -2.40. The third-order valence-electron chi connectivity index (χ3n) is 4.46. The number of pyridine rings is 1. The van der Waals surface area contributed by atoms with Gasteiger partial charge in [0.05, 0.1) is 0 Å². The van der Waals surface area contributed by atoms with E-state index in [1.54, 1.807) is 6.33 Å². The van der Waals surface area contributed by atoms with Crippen LogP contribution in [0.1, 0.15) is 18.5 Å². The van der Waals surface area contributed by atoms with Gasteiger partial charge in [0.2, 0.25) is 0 Å². The van der Waals surface area contributed by atoms with Gasteiger partial charge < -0.3 is 15.1 Å². The van der Waals surface area contributed by atoms with Gasteiger partial charge in [0, 0.05) is 64.1 Å². The van der Waals surface area contributed by atoms with Crippen molar-refractivity contribution in [3.05, 3.63) is 42.5 Å². The topological polar surface area (TPSA) is 57.2 Å². The van der Waals surface area contributed by atoms with Gasteiger partial charge in [-0.25, -0.2) is 9.97 Å². The predicted molar refractivity (Wildman–Crippen MR) is 97.4 cm³/mol. The van der Waals surface area contributed by atoms with Gasteiger partial charge in [-0.1, -0.05) is 6.07 Å². The number of hydrogen-bond donors (Lipinski definition) is 1. The second-order valence-electron chi connectivity index (χ2n) is 6.49. The monoisotopic (exact) mass is 326 g/mol. The lowest BCUT2D eigenvalue weighted by molar-refractivity contribution is 0.221. The first-order valence-electron chi connectivity index (χ1n) is 8.59. The van der Waals surface area contributed by atoms with Crippen LogP contribution in [0.3, 0.4) is 0 Å². The van der Waals surface area contributed by atoms with Crippen LogP contribution in [0.15, 0.2) is 36.8 Å². The van der Waals surface area contributed by atoms with E-state index in [9.17, 15) is 0 Å². The van der Waals surface area contributed by atoms with Crippen molar-refractivity contribution in [1.29, 1.82) is 0 Å². The molecule has 1 saturated heterocycles. The van der Waals surface area contributed by atoms with Crippen LogP contribution >= 0.6 is 0 Å². The normalized spacial score (nSPS) is 16.1. The second kappa shape index (κ2) is 8.06. The number of piperidine rings is 1. The molecule has 2 aromatic heterocycles. The van der Waals surface area contributed by atoms with Crippen LogP contribution < -0.4 is 10.2 Å². The molecule has 6 nitrogen and oxygen atoms in total. The summed E-state index contributed by atoms with van der Waals surface area (Å²) in [5, 5.41) is 3.55. The minimum absolute atomic E-state index is 0.487. The fraction of sp³-hybridized carbons (Fsp3) is 0.500. The van der Waals surface area contributed by atoms with Gasteiger partial charge in [0.25, 0.3) is 0 Å². The number of aromatic nitrogens is 3. The molecule has 6 heteroatoms. The summed E-state index contributed by atoms with van der Waals surface area (Å²) in [7, 11) is 3.98. The maximum absolute atomic E-state index is 4.40. The molecular weight excluding hydrogens is 300 g/mol. The van der Waals surface area contributed by atoms with Crippen molar-refractivity contribution in [2.75, 3.05) is 43.9 Å². The number of nitrogens with zero attached hydrogens (tertiary/aromatic N) is 5. The molecule has 1 aliphatic heterocycles. The van der Waals surface area contributed by atoms with Gasteiger partial charge in [-0.15, -0.1) is 0 Å². The molecule has 0 aliphatic carbocycles. The van der Waals surface area contributed by atoms with E-state index in [1.807, 2.05) is 37.3 Å². The van der Waals surface area contributed by atoms with Gasteiger partial charge in [-0.05, 0) is 25.0 Å². The molecule has 128 valence electrons. The van der Waals surface area contributed by atoms with Gasteiger partial charge >= 0.3 is 0 Å². The number of nitrogens with one attached hydrogen (secondary N) is 1. The maximum Gasteiger partial charge on any atom is 0.133 e. The molecule has 1 N–H and O–H groups in total. The standard InChI is InChI=1S/C18H26N6/c1-23(2)18-13-17(20-14-21-18)22-16-7-11-24(12-8-16)10-6-15-5-3-4-9-19-15/h3-5,9,13-14,16H,6-8,10-12H2,1-2H3,(H,20,21,22). The van der Waals surface area contributed by atoms with E-state index < -0.39 is 0 Å². The Labute approximate surface area is 143 Å². The molecule has 0 unspecified atom stereocenters. The molecule has 3 heterocycles. The minimum atomic E-state index is 0.487. The zero-order chi connectivity index (χ0) is 16.8. The van der Waals surface area contributed by atoms with Gasteiger partial charge in [-0.3, -0.25) is 4.98 Å². The molecular formula is C18H26N6. The summed E-state index contributed by atoms with van der Waals surface area (Å²) in [5.74, 6) is 1.85. The largest absolute Gasteiger partial charge is 0.367 e. The molecule has 0 radical (unpaired) electrons. The zero-order valence-corrected chi connectivity index (χ0v) is 14.5. The van der Waals surface area contributed by atoms with E-state index in [-0.39, 0.29) is 0 Å². The lowest BCUT2D eigenvalue weighted by atomic mass is 10.0. The van der Waals surface area contributed by atoms with Crippen molar-refractivity contribution >= 4 is 11.6 Å². The summed E-state index contributed by atoms with van der Waals surface area (Å²) in [4.78, 5) is 17.5. The van der Waals surface area contributed by atoms with Gasteiger partial charge in [-0.2, -0.15) is 0 Å². The van der Waals surface area contributed by atoms with Crippen LogP contribution in [0.4, 0.5) is 11.6 Å². The van der Waals surface area contributed by atoms with Crippen LogP contribution in [0.2, 0.25) is 0 Å². The van der Waals surface area contributed by atoms with E-state index in [1.165, 1.54) is 5.69 Å². The molecule has 1 aliphatic rings. The highest BCUT2D eigenvalue weighted by Gasteiger charge is 2.19. The average Bonchev–Trinajstić information content (AvgIpc) is 2.62. The number of rotatable bonds is 6. The Bertz CT molecular complexity index is 622. The Kier molecular flexibility index (Phi) is 5.59. The third-order valence-corrected chi connectivity index (χ3v) is 4.46.